The molecule has 0 aliphatic carbocycles. The molecule has 124 valence electrons. The number of rotatable bonds is 4. The number of benzene rings is 1. The predicted octanol–water partition coefficient (Wildman–Crippen LogP) is 3.36. The molecule has 2 aromatic heterocycles. The van der Waals surface area contributed by atoms with Gasteiger partial charge in [-0.2, -0.15) is 0 Å². The SMILES string of the molecule is CC(=O)CCn1c(=O)[nH]c2sc(C)c(-c3ccc(Cl)cc3)c2c1=O. The van der Waals surface area contributed by atoms with E-state index >= 15 is 0 Å². The first-order valence-electron chi connectivity index (χ1n) is 7.40. The Kier molecular flexibility index (Phi) is 4.43. The summed E-state index contributed by atoms with van der Waals surface area (Å²) in [6.45, 7) is 3.42. The van der Waals surface area contributed by atoms with Gasteiger partial charge in [-0.15, -0.1) is 11.3 Å². The number of fused-ring (bicyclic) bond motifs is 1. The van der Waals surface area contributed by atoms with Crippen LogP contribution >= 0.6 is 22.9 Å². The second-order valence-electron chi connectivity index (χ2n) is 5.58. The first-order valence-corrected chi connectivity index (χ1v) is 8.59. The number of nitrogens with zero attached hydrogens (tertiary/aromatic N) is 1. The largest absolute Gasteiger partial charge is 0.329 e. The molecular weight excluding hydrogens is 348 g/mol. The highest BCUT2D eigenvalue weighted by Gasteiger charge is 2.18. The summed E-state index contributed by atoms with van der Waals surface area (Å²) in [7, 11) is 0. The molecule has 24 heavy (non-hydrogen) atoms. The Labute approximate surface area is 146 Å². The molecule has 0 aliphatic heterocycles. The molecule has 0 atom stereocenters. The van der Waals surface area contributed by atoms with Gasteiger partial charge in [0.25, 0.3) is 5.56 Å². The van der Waals surface area contributed by atoms with Crippen molar-refractivity contribution in [1.29, 1.82) is 0 Å². The molecule has 3 rings (SSSR count). The summed E-state index contributed by atoms with van der Waals surface area (Å²) in [5.74, 6) is -0.0687. The number of ketones is 1. The molecule has 0 fully saturated rings. The molecule has 0 radical (unpaired) electrons. The van der Waals surface area contributed by atoms with Crippen molar-refractivity contribution in [2.45, 2.75) is 26.8 Å². The van der Waals surface area contributed by atoms with E-state index in [1.807, 2.05) is 19.1 Å². The number of aromatic nitrogens is 2. The predicted molar refractivity (Wildman–Crippen MR) is 97.2 cm³/mol. The summed E-state index contributed by atoms with van der Waals surface area (Å²) in [6, 6.07) is 7.22. The number of hydrogen-bond donors (Lipinski definition) is 1. The summed E-state index contributed by atoms with van der Waals surface area (Å²) in [5.41, 5.74) is 0.803. The van der Waals surface area contributed by atoms with Crippen molar-refractivity contribution in [1.82, 2.24) is 9.55 Å². The summed E-state index contributed by atoms with van der Waals surface area (Å²) in [6.07, 6.45) is 0.147. The van der Waals surface area contributed by atoms with Crippen molar-refractivity contribution < 1.29 is 4.79 Å². The van der Waals surface area contributed by atoms with Gasteiger partial charge in [-0.25, -0.2) is 4.79 Å². The maximum Gasteiger partial charge on any atom is 0.329 e. The fourth-order valence-corrected chi connectivity index (χ4v) is 3.85. The molecular formula is C17H15ClN2O3S. The second kappa shape index (κ2) is 6.37. The van der Waals surface area contributed by atoms with Gasteiger partial charge in [-0.05, 0) is 31.5 Å². The van der Waals surface area contributed by atoms with Crippen molar-refractivity contribution in [3.8, 4) is 11.1 Å². The Balaban J connectivity index is 2.27. The lowest BCUT2D eigenvalue weighted by Gasteiger charge is -2.05. The maximum atomic E-state index is 12.8. The van der Waals surface area contributed by atoms with Crippen LogP contribution in [0.25, 0.3) is 21.3 Å². The van der Waals surface area contributed by atoms with Crippen LogP contribution in [-0.2, 0) is 11.3 Å². The van der Waals surface area contributed by atoms with Gasteiger partial charge in [0.2, 0.25) is 0 Å². The number of halogens is 1. The van der Waals surface area contributed by atoms with E-state index in [2.05, 4.69) is 4.98 Å². The fourth-order valence-electron chi connectivity index (χ4n) is 2.67. The Morgan fingerprint density at radius 3 is 2.54 bits per heavy atom. The van der Waals surface area contributed by atoms with Crippen LogP contribution in [0.15, 0.2) is 33.9 Å². The number of nitrogens with one attached hydrogen (secondary N) is 1. The minimum atomic E-state index is -0.488. The zero-order valence-corrected chi connectivity index (χ0v) is 14.8. The average Bonchev–Trinajstić information content (AvgIpc) is 2.83. The lowest BCUT2D eigenvalue weighted by atomic mass is 10.0. The first kappa shape index (κ1) is 16.7. The van der Waals surface area contributed by atoms with Gasteiger partial charge >= 0.3 is 5.69 Å². The lowest BCUT2D eigenvalue weighted by Crippen LogP contribution is -2.35. The Bertz CT molecular complexity index is 1040. The second-order valence-corrected chi connectivity index (χ2v) is 7.24. The standard InChI is InChI=1S/C17H15ClN2O3S/c1-9(21)7-8-20-16(22)14-13(11-3-5-12(18)6-4-11)10(2)24-15(14)19-17(20)23/h3-6H,7-8H2,1-2H3,(H,19,23). The molecule has 0 amide bonds. The molecule has 0 saturated heterocycles. The topological polar surface area (TPSA) is 71.9 Å². The quantitative estimate of drug-likeness (QED) is 0.773. The number of aromatic amines is 1. The average molecular weight is 363 g/mol. The van der Waals surface area contributed by atoms with Crippen molar-refractivity contribution in [3.05, 3.63) is 55.0 Å². The van der Waals surface area contributed by atoms with Gasteiger partial charge in [-0.1, -0.05) is 23.7 Å². The van der Waals surface area contributed by atoms with Crippen molar-refractivity contribution in [3.63, 3.8) is 0 Å². The zero-order chi connectivity index (χ0) is 17.4. The number of thiophene rings is 1. The number of carbonyl (C=O) groups excluding carboxylic acids is 1. The van der Waals surface area contributed by atoms with Gasteiger partial charge in [-0.3, -0.25) is 19.1 Å². The summed E-state index contributed by atoms with van der Waals surface area (Å²) in [4.78, 5) is 40.4. The van der Waals surface area contributed by atoms with E-state index in [-0.39, 0.29) is 24.3 Å². The number of Topliss-reactive ketones (excluding diaryl/α,β-unsaturated/α-hetero) is 1. The number of aryl methyl sites for hydroxylation is 1. The fraction of sp³-hybridized carbons (Fsp3) is 0.235. The molecule has 5 nitrogen and oxygen atoms in total. The minimum Gasteiger partial charge on any atom is -0.300 e. The zero-order valence-electron chi connectivity index (χ0n) is 13.2. The first-order chi connectivity index (χ1) is 11.4. The molecule has 0 aliphatic rings. The number of H-pyrrole nitrogens is 1. The molecule has 3 aromatic rings. The molecule has 1 aromatic carbocycles. The van der Waals surface area contributed by atoms with Gasteiger partial charge < -0.3 is 0 Å². The third-order valence-electron chi connectivity index (χ3n) is 3.83. The normalized spacial score (nSPS) is 11.1. The van der Waals surface area contributed by atoms with Gasteiger partial charge in [0.15, 0.2) is 0 Å². The molecule has 2 heterocycles. The van der Waals surface area contributed by atoms with E-state index in [1.54, 1.807) is 12.1 Å². The Morgan fingerprint density at radius 1 is 1.25 bits per heavy atom. The summed E-state index contributed by atoms with van der Waals surface area (Å²) in [5, 5.41) is 1.09. The van der Waals surface area contributed by atoms with E-state index in [0.717, 1.165) is 20.6 Å². The van der Waals surface area contributed by atoms with Crippen LogP contribution in [0.2, 0.25) is 5.02 Å². The number of carbonyl (C=O) groups is 1. The van der Waals surface area contributed by atoms with Crippen LogP contribution in [0.4, 0.5) is 0 Å². The van der Waals surface area contributed by atoms with E-state index in [4.69, 9.17) is 11.6 Å². The highest BCUT2D eigenvalue weighted by molar-refractivity contribution is 7.19. The van der Waals surface area contributed by atoms with Crippen LogP contribution in [-0.4, -0.2) is 15.3 Å². The maximum absolute atomic E-state index is 12.8. The molecule has 1 N–H and O–H groups in total. The minimum absolute atomic E-state index is 0.0687. The van der Waals surface area contributed by atoms with Gasteiger partial charge in [0.1, 0.15) is 10.6 Å². The Morgan fingerprint density at radius 2 is 1.92 bits per heavy atom. The molecule has 0 saturated carbocycles. The van der Waals surface area contributed by atoms with Crippen LogP contribution < -0.4 is 11.2 Å². The highest BCUT2D eigenvalue weighted by atomic mass is 35.5. The molecule has 0 bridgehead atoms. The van der Waals surface area contributed by atoms with Gasteiger partial charge in [0.05, 0.1) is 5.39 Å². The van der Waals surface area contributed by atoms with Crippen molar-refractivity contribution in [2.24, 2.45) is 0 Å². The number of hydrogen-bond acceptors (Lipinski definition) is 4. The van der Waals surface area contributed by atoms with E-state index in [9.17, 15) is 14.4 Å². The highest BCUT2D eigenvalue weighted by Crippen LogP contribution is 2.35. The summed E-state index contributed by atoms with van der Waals surface area (Å²) >= 11 is 7.31. The lowest BCUT2D eigenvalue weighted by molar-refractivity contribution is -0.117. The van der Waals surface area contributed by atoms with Crippen molar-refractivity contribution in [2.75, 3.05) is 0 Å². The molecule has 7 heteroatoms. The third-order valence-corrected chi connectivity index (χ3v) is 5.10. The van der Waals surface area contributed by atoms with Crippen LogP contribution in [0.5, 0.6) is 0 Å². The summed E-state index contributed by atoms with van der Waals surface area (Å²) < 4.78 is 1.09. The van der Waals surface area contributed by atoms with Crippen LogP contribution in [0.3, 0.4) is 0 Å². The molecule has 0 spiro atoms. The Hall–Kier alpha value is -2.18. The molecule has 0 unspecified atom stereocenters. The van der Waals surface area contributed by atoms with E-state index in [0.29, 0.717) is 15.2 Å². The third kappa shape index (κ3) is 2.95. The van der Waals surface area contributed by atoms with Gasteiger partial charge in [0, 0.05) is 28.4 Å². The van der Waals surface area contributed by atoms with Crippen LogP contribution in [0, 0.1) is 6.92 Å². The monoisotopic (exact) mass is 362 g/mol. The smallest absolute Gasteiger partial charge is 0.300 e. The van der Waals surface area contributed by atoms with E-state index < -0.39 is 5.69 Å². The van der Waals surface area contributed by atoms with E-state index in [1.165, 1.54) is 18.3 Å². The van der Waals surface area contributed by atoms with Crippen molar-refractivity contribution >= 4 is 38.9 Å². The van der Waals surface area contributed by atoms with Crippen LogP contribution in [0.1, 0.15) is 18.2 Å².